The quantitative estimate of drug-likeness (QED) is 0.606. The Bertz CT molecular complexity index is 416. The van der Waals surface area contributed by atoms with Gasteiger partial charge in [-0.3, -0.25) is 0 Å². The number of hydrogen-bond donors (Lipinski definition) is 0. The van der Waals surface area contributed by atoms with Crippen LogP contribution in [0.5, 0.6) is 0 Å². The standard InChI is InChI=1S/C5H7ClO4S2/c1-4-2-11(7,8)3-5(4)12(6,9)10/h2,5H,3H2,1H3/t5-/m0/s1. The molecule has 0 saturated heterocycles. The molecule has 12 heavy (non-hydrogen) atoms. The molecule has 1 rings (SSSR count). The second-order valence-corrected chi connectivity index (χ2v) is 7.36. The molecule has 0 unspecified atom stereocenters. The van der Waals surface area contributed by atoms with Gasteiger partial charge in [-0.15, -0.1) is 0 Å². The SMILES string of the molecule is CC1=CS(=O)(=O)C[C@@H]1S(=O)(=O)Cl. The lowest BCUT2D eigenvalue weighted by Crippen LogP contribution is -2.20. The molecular weight excluding hydrogens is 224 g/mol. The van der Waals surface area contributed by atoms with Crippen LogP contribution in [0.15, 0.2) is 11.0 Å². The van der Waals surface area contributed by atoms with Gasteiger partial charge < -0.3 is 0 Å². The fraction of sp³-hybridized carbons (Fsp3) is 0.600. The van der Waals surface area contributed by atoms with Gasteiger partial charge in [-0.05, 0) is 12.5 Å². The first-order valence-electron chi connectivity index (χ1n) is 3.07. The molecule has 0 aromatic carbocycles. The molecule has 0 aliphatic carbocycles. The Morgan fingerprint density at radius 1 is 1.58 bits per heavy atom. The van der Waals surface area contributed by atoms with Gasteiger partial charge in [-0.25, -0.2) is 16.8 Å². The highest BCUT2D eigenvalue weighted by molar-refractivity contribution is 8.15. The maximum atomic E-state index is 10.9. The molecule has 0 amide bonds. The van der Waals surface area contributed by atoms with Gasteiger partial charge in [0.2, 0.25) is 9.05 Å². The highest BCUT2D eigenvalue weighted by atomic mass is 35.7. The van der Waals surface area contributed by atoms with Crippen molar-refractivity contribution in [3.63, 3.8) is 0 Å². The van der Waals surface area contributed by atoms with Gasteiger partial charge in [0.25, 0.3) is 0 Å². The summed E-state index contributed by atoms with van der Waals surface area (Å²) in [6.07, 6.45) is 0. The second-order valence-electron chi connectivity index (χ2n) is 2.66. The average molecular weight is 231 g/mol. The van der Waals surface area contributed by atoms with Crippen molar-refractivity contribution in [1.29, 1.82) is 0 Å². The molecule has 1 aliphatic rings. The van der Waals surface area contributed by atoms with Crippen LogP contribution < -0.4 is 0 Å². The molecule has 0 aromatic rings. The summed E-state index contributed by atoms with van der Waals surface area (Å²) in [5.41, 5.74) is 0.282. The summed E-state index contributed by atoms with van der Waals surface area (Å²) in [4.78, 5) is 0. The largest absolute Gasteiger partial charge is 0.240 e. The summed E-state index contributed by atoms with van der Waals surface area (Å²) in [5, 5.41) is -0.110. The predicted octanol–water partition coefficient (Wildman–Crippen LogP) is 0.256. The minimum absolute atomic E-state index is 0.282. The van der Waals surface area contributed by atoms with Crippen LogP contribution in [0.1, 0.15) is 6.92 Å². The maximum Gasteiger partial charge on any atom is 0.240 e. The predicted molar refractivity (Wildman–Crippen MR) is 46.1 cm³/mol. The first-order chi connectivity index (χ1) is 5.22. The Balaban J connectivity index is 3.15. The average Bonchev–Trinajstić information content (AvgIpc) is 2.03. The van der Waals surface area contributed by atoms with E-state index in [-0.39, 0.29) is 5.57 Å². The maximum absolute atomic E-state index is 10.9. The van der Waals surface area contributed by atoms with E-state index in [1.807, 2.05) is 0 Å². The van der Waals surface area contributed by atoms with E-state index in [9.17, 15) is 16.8 Å². The minimum atomic E-state index is -3.80. The Hall–Kier alpha value is -0.0700. The second kappa shape index (κ2) is 2.71. The molecule has 0 aromatic heterocycles. The van der Waals surface area contributed by atoms with Gasteiger partial charge >= 0.3 is 0 Å². The van der Waals surface area contributed by atoms with Crippen molar-refractivity contribution in [1.82, 2.24) is 0 Å². The van der Waals surface area contributed by atoms with Gasteiger partial charge in [0, 0.05) is 16.1 Å². The first kappa shape index (κ1) is 10.0. The highest BCUT2D eigenvalue weighted by Crippen LogP contribution is 2.25. The molecule has 0 N–H and O–H groups in total. The minimum Gasteiger partial charge on any atom is -0.224 e. The van der Waals surface area contributed by atoms with E-state index < -0.39 is 29.9 Å². The Morgan fingerprint density at radius 3 is 2.25 bits per heavy atom. The van der Waals surface area contributed by atoms with E-state index in [2.05, 4.69) is 0 Å². The monoisotopic (exact) mass is 230 g/mol. The highest BCUT2D eigenvalue weighted by Gasteiger charge is 2.35. The van der Waals surface area contributed by atoms with Gasteiger partial charge in [0.1, 0.15) is 5.25 Å². The molecule has 0 fully saturated rings. The Kier molecular flexibility index (Phi) is 2.26. The third-order valence-corrected chi connectivity index (χ3v) is 5.20. The number of rotatable bonds is 1. The zero-order valence-electron chi connectivity index (χ0n) is 6.19. The van der Waals surface area contributed by atoms with Crippen molar-refractivity contribution in [3.8, 4) is 0 Å². The van der Waals surface area contributed by atoms with Gasteiger partial charge in [-0.2, -0.15) is 0 Å². The molecule has 1 aliphatic heterocycles. The van der Waals surface area contributed by atoms with Crippen LogP contribution in [0.25, 0.3) is 0 Å². The zero-order valence-corrected chi connectivity index (χ0v) is 8.58. The number of halogens is 1. The normalized spacial score (nSPS) is 28.5. The van der Waals surface area contributed by atoms with Gasteiger partial charge in [-0.1, -0.05) is 0 Å². The molecule has 0 saturated carbocycles. The fourth-order valence-electron chi connectivity index (χ4n) is 1.05. The van der Waals surface area contributed by atoms with Crippen molar-refractivity contribution >= 4 is 29.6 Å². The molecule has 0 bridgehead atoms. The summed E-state index contributed by atoms with van der Waals surface area (Å²) in [7, 11) is -2.12. The lowest BCUT2D eigenvalue weighted by molar-refractivity contribution is 0.595. The summed E-state index contributed by atoms with van der Waals surface area (Å²) >= 11 is 0. The lowest BCUT2D eigenvalue weighted by Gasteiger charge is -2.03. The van der Waals surface area contributed by atoms with E-state index in [1.54, 1.807) is 0 Å². The smallest absolute Gasteiger partial charge is 0.224 e. The van der Waals surface area contributed by atoms with Crippen molar-refractivity contribution in [2.45, 2.75) is 12.2 Å². The van der Waals surface area contributed by atoms with Crippen LogP contribution in [0, 0.1) is 0 Å². The molecule has 4 nitrogen and oxygen atoms in total. The molecule has 70 valence electrons. The first-order valence-corrected chi connectivity index (χ1v) is 7.15. The third-order valence-electron chi connectivity index (χ3n) is 1.60. The van der Waals surface area contributed by atoms with Crippen LogP contribution in [0.3, 0.4) is 0 Å². The van der Waals surface area contributed by atoms with E-state index in [0.29, 0.717) is 0 Å². The van der Waals surface area contributed by atoms with Crippen molar-refractivity contribution in [2.24, 2.45) is 0 Å². The Morgan fingerprint density at radius 2 is 2.08 bits per heavy atom. The topological polar surface area (TPSA) is 68.3 Å². The molecule has 0 radical (unpaired) electrons. The number of hydrogen-bond acceptors (Lipinski definition) is 4. The summed E-state index contributed by atoms with van der Waals surface area (Å²) in [6.45, 7) is 1.44. The van der Waals surface area contributed by atoms with E-state index in [4.69, 9.17) is 10.7 Å². The Labute approximate surface area is 75.6 Å². The van der Waals surface area contributed by atoms with E-state index >= 15 is 0 Å². The summed E-state index contributed by atoms with van der Waals surface area (Å²) in [6, 6.07) is 0. The molecule has 7 heteroatoms. The van der Waals surface area contributed by atoms with Gasteiger partial charge in [0.05, 0.1) is 5.75 Å². The van der Waals surface area contributed by atoms with Crippen molar-refractivity contribution < 1.29 is 16.8 Å². The van der Waals surface area contributed by atoms with Crippen LogP contribution in [0.4, 0.5) is 0 Å². The summed E-state index contributed by atoms with van der Waals surface area (Å²) < 4.78 is 43.4. The van der Waals surface area contributed by atoms with Crippen LogP contribution >= 0.6 is 10.7 Å². The number of sulfone groups is 1. The van der Waals surface area contributed by atoms with Crippen LogP contribution in [-0.2, 0) is 18.9 Å². The molecule has 0 spiro atoms. The summed E-state index contributed by atoms with van der Waals surface area (Å²) in [5.74, 6) is -0.426. The molecular formula is C5H7ClO4S2. The van der Waals surface area contributed by atoms with E-state index in [0.717, 1.165) is 5.41 Å². The van der Waals surface area contributed by atoms with Crippen LogP contribution in [0.2, 0.25) is 0 Å². The van der Waals surface area contributed by atoms with Gasteiger partial charge in [0.15, 0.2) is 9.84 Å². The van der Waals surface area contributed by atoms with Crippen molar-refractivity contribution in [3.05, 3.63) is 11.0 Å². The zero-order chi connectivity index (χ0) is 9.57. The lowest BCUT2D eigenvalue weighted by atomic mass is 10.3. The third kappa shape index (κ3) is 1.99. The molecule has 1 atom stereocenters. The van der Waals surface area contributed by atoms with Crippen LogP contribution in [-0.4, -0.2) is 27.8 Å². The fourth-order valence-corrected chi connectivity index (χ4v) is 5.27. The van der Waals surface area contributed by atoms with Crippen molar-refractivity contribution in [2.75, 3.05) is 5.75 Å². The molecule has 1 heterocycles. The van der Waals surface area contributed by atoms with E-state index in [1.165, 1.54) is 6.92 Å².